The predicted molar refractivity (Wildman–Crippen MR) is 272 cm³/mol. The predicted octanol–water partition coefficient (Wildman–Crippen LogP) is 13.2. The van der Waals surface area contributed by atoms with Crippen molar-refractivity contribution in [3.8, 4) is 0 Å². The topological polar surface area (TPSA) is 197 Å². The lowest BCUT2D eigenvalue weighted by Crippen LogP contribution is -2.41. The molecule has 0 heterocycles. The number of nitrogens with one attached hydrogen (secondary N) is 3. The summed E-state index contributed by atoms with van der Waals surface area (Å²) in [5.74, 6) is -3.01. The van der Waals surface area contributed by atoms with Crippen LogP contribution in [0, 0.1) is 0 Å². The van der Waals surface area contributed by atoms with Crippen LogP contribution >= 0.6 is 11.8 Å². The molecule has 0 bridgehead atoms. The lowest BCUT2D eigenvalue weighted by atomic mass is 10.0. The van der Waals surface area contributed by atoms with Crippen LogP contribution in [0.5, 0.6) is 0 Å². The molecule has 1 aromatic carbocycles. The molecule has 3 amide bonds. The van der Waals surface area contributed by atoms with Gasteiger partial charge in [-0.2, -0.15) is 11.8 Å². The van der Waals surface area contributed by atoms with E-state index in [2.05, 4.69) is 29.8 Å². The molecule has 14 heteroatoms. The van der Waals surface area contributed by atoms with Crippen LogP contribution < -0.4 is 16.0 Å². The number of esters is 1. The standard InChI is InChI=1S/C53H91N3O10S/c1-3-5-7-9-11-13-15-17-18-19-21-23-25-27-29-31-40-54-53(64)65-42-46(66-50(60)32-30-28-26-24-22-20-16-14-12-10-8-6-4-2)43-67-41-39-48(57)55-45-35-33-44(34-36-45)51(61)56-47(52(62)63)37-38-49(58)59/h33-36,46-47H,3-32,37-43H2,1-2H3,(H,54,64)(H,55,57)(H,56,61)(H,58,59)(H,62,63). The van der Waals surface area contributed by atoms with Gasteiger partial charge in [0, 0.05) is 48.6 Å². The fraction of sp³-hybridized carbons (Fsp3) is 0.774. The molecule has 0 aliphatic heterocycles. The van der Waals surface area contributed by atoms with Crippen LogP contribution in [-0.4, -0.2) is 82.8 Å². The van der Waals surface area contributed by atoms with E-state index in [1.165, 1.54) is 184 Å². The van der Waals surface area contributed by atoms with Crippen LogP contribution in [0.1, 0.15) is 236 Å². The van der Waals surface area contributed by atoms with Crippen LogP contribution in [0.25, 0.3) is 0 Å². The Labute approximate surface area is 408 Å². The Balaban J connectivity index is 2.44. The number of thioether (sulfide) groups is 1. The van der Waals surface area contributed by atoms with E-state index in [0.717, 1.165) is 38.5 Å². The zero-order valence-electron chi connectivity index (χ0n) is 41.7. The number of benzene rings is 1. The number of unbranched alkanes of at least 4 members (excludes halogenated alkanes) is 27. The number of ether oxygens (including phenoxy) is 2. The summed E-state index contributed by atoms with van der Waals surface area (Å²) in [6.45, 7) is 4.95. The molecule has 0 saturated heterocycles. The van der Waals surface area contributed by atoms with E-state index < -0.39 is 42.5 Å². The maximum Gasteiger partial charge on any atom is 0.407 e. The minimum Gasteiger partial charge on any atom is -0.481 e. The highest BCUT2D eigenvalue weighted by molar-refractivity contribution is 7.99. The van der Waals surface area contributed by atoms with Gasteiger partial charge >= 0.3 is 24.0 Å². The number of carbonyl (C=O) groups is 6. The second-order valence-corrected chi connectivity index (χ2v) is 19.3. The normalized spacial score (nSPS) is 12.0. The maximum absolute atomic E-state index is 12.9. The van der Waals surface area contributed by atoms with Gasteiger partial charge < -0.3 is 35.6 Å². The Hall–Kier alpha value is -3.81. The van der Waals surface area contributed by atoms with Gasteiger partial charge in [-0.3, -0.25) is 19.2 Å². The van der Waals surface area contributed by atoms with Gasteiger partial charge in [0.1, 0.15) is 18.8 Å². The van der Waals surface area contributed by atoms with Gasteiger partial charge in [-0.25, -0.2) is 9.59 Å². The number of hydrogen-bond donors (Lipinski definition) is 5. The summed E-state index contributed by atoms with van der Waals surface area (Å²) in [6, 6.07) is 4.55. The fourth-order valence-electron chi connectivity index (χ4n) is 7.81. The molecule has 5 N–H and O–H groups in total. The minimum atomic E-state index is -1.35. The summed E-state index contributed by atoms with van der Waals surface area (Å²) < 4.78 is 11.3. The number of carbonyl (C=O) groups excluding carboxylic acids is 4. The number of carboxylic acid groups (broad SMARTS) is 2. The van der Waals surface area contributed by atoms with Gasteiger partial charge in [-0.15, -0.1) is 0 Å². The fourth-order valence-corrected chi connectivity index (χ4v) is 8.73. The van der Waals surface area contributed by atoms with Gasteiger partial charge in [0.25, 0.3) is 5.91 Å². The molecule has 0 aromatic heterocycles. The van der Waals surface area contributed by atoms with Crippen molar-refractivity contribution in [2.45, 2.75) is 238 Å². The van der Waals surface area contributed by atoms with Gasteiger partial charge in [-0.1, -0.05) is 187 Å². The SMILES string of the molecule is CCCCCCCCCCCCCCCCCCNC(=O)OCC(CSCCC(=O)Nc1ccc(C(=O)NC(CCC(=O)O)C(=O)O)cc1)OC(=O)CCCCCCCCCCCCCCC. The van der Waals surface area contributed by atoms with Crippen molar-refractivity contribution in [2.24, 2.45) is 0 Å². The van der Waals surface area contributed by atoms with Crippen LogP contribution in [0.4, 0.5) is 10.5 Å². The van der Waals surface area contributed by atoms with Gasteiger partial charge in [0.05, 0.1) is 0 Å². The number of anilines is 1. The van der Waals surface area contributed by atoms with Crippen LogP contribution in [0.2, 0.25) is 0 Å². The number of amides is 3. The Morgan fingerprint density at radius 2 is 1.04 bits per heavy atom. The number of alkyl carbamates (subject to hydrolysis) is 1. The summed E-state index contributed by atoms with van der Waals surface area (Å²) in [5.41, 5.74) is 0.590. The zero-order chi connectivity index (χ0) is 49.0. The van der Waals surface area contributed by atoms with Crippen molar-refractivity contribution in [2.75, 3.05) is 30.0 Å². The number of aliphatic carboxylic acids is 2. The van der Waals surface area contributed by atoms with E-state index in [0.29, 0.717) is 30.2 Å². The van der Waals surface area contributed by atoms with E-state index in [1.54, 1.807) is 0 Å². The number of carboxylic acids is 2. The lowest BCUT2D eigenvalue weighted by Gasteiger charge is -2.18. The number of rotatable bonds is 46. The van der Waals surface area contributed by atoms with Gasteiger partial charge in [-0.05, 0) is 43.5 Å². The third-order valence-electron chi connectivity index (χ3n) is 11.9. The van der Waals surface area contributed by atoms with Crippen molar-refractivity contribution in [1.82, 2.24) is 10.6 Å². The van der Waals surface area contributed by atoms with Crippen LogP contribution in [-0.2, 0) is 28.7 Å². The highest BCUT2D eigenvalue weighted by atomic mass is 32.2. The smallest absolute Gasteiger partial charge is 0.407 e. The van der Waals surface area contributed by atoms with Crippen LogP contribution in [0.3, 0.4) is 0 Å². The molecule has 0 aliphatic rings. The summed E-state index contributed by atoms with van der Waals surface area (Å²) in [7, 11) is 0. The molecule has 13 nitrogen and oxygen atoms in total. The average molecular weight is 962 g/mol. The minimum absolute atomic E-state index is 0.0823. The molecule has 0 saturated carbocycles. The van der Waals surface area contributed by atoms with Crippen molar-refractivity contribution >= 4 is 53.3 Å². The molecule has 2 unspecified atom stereocenters. The summed E-state index contributed by atoms with van der Waals surface area (Å²) in [4.78, 5) is 73.0. The first kappa shape index (κ1) is 61.2. The van der Waals surface area contributed by atoms with E-state index in [-0.39, 0.29) is 36.9 Å². The molecule has 67 heavy (non-hydrogen) atoms. The first-order valence-corrected chi connectivity index (χ1v) is 27.5. The van der Waals surface area contributed by atoms with Gasteiger partial charge in [0.2, 0.25) is 5.91 Å². The molecule has 0 radical (unpaired) electrons. The van der Waals surface area contributed by atoms with Crippen molar-refractivity contribution in [3.05, 3.63) is 29.8 Å². The van der Waals surface area contributed by atoms with Crippen molar-refractivity contribution in [3.63, 3.8) is 0 Å². The van der Waals surface area contributed by atoms with E-state index in [4.69, 9.17) is 14.6 Å². The Morgan fingerprint density at radius 3 is 1.51 bits per heavy atom. The first-order chi connectivity index (χ1) is 32.5. The van der Waals surface area contributed by atoms with E-state index in [1.807, 2.05) is 0 Å². The van der Waals surface area contributed by atoms with Gasteiger partial charge in [0.15, 0.2) is 0 Å². The molecule has 1 aromatic rings. The Bertz CT molecular complexity index is 1450. The maximum atomic E-state index is 12.9. The van der Waals surface area contributed by atoms with E-state index in [9.17, 15) is 33.9 Å². The molecule has 1 rings (SSSR count). The highest BCUT2D eigenvalue weighted by Gasteiger charge is 2.22. The third-order valence-corrected chi connectivity index (χ3v) is 13.0. The third kappa shape index (κ3) is 37.8. The van der Waals surface area contributed by atoms with Crippen molar-refractivity contribution < 1.29 is 48.5 Å². The molecule has 2 atom stereocenters. The monoisotopic (exact) mass is 962 g/mol. The number of hydrogen-bond acceptors (Lipinski definition) is 9. The van der Waals surface area contributed by atoms with Crippen LogP contribution in [0.15, 0.2) is 24.3 Å². The summed E-state index contributed by atoms with van der Waals surface area (Å²) >= 11 is 1.41. The second-order valence-electron chi connectivity index (χ2n) is 18.2. The molecular formula is C53H91N3O10S. The summed E-state index contributed by atoms with van der Waals surface area (Å²) in [5, 5.41) is 26.1. The molecule has 0 spiro atoms. The highest BCUT2D eigenvalue weighted by Crippen LogP contribution is 2.17. The first-order valence-electron chi connectivity index (χ1n) is 26.4. The average Bonchev–Trinajstić information content (AvgIpc) is 3.30. The lowest BCUT2D eigenvalue weighted by molar-refractivity contribution is -0.150. The molecular weight excluding hydrogens is 871 g/mol. The second kappa shape index (κ2) is 43.5. The molecule has 384 valence electrons. The Morgan fingerprint density at radius 1 is 0.582 bits per heavy atom. The molecule has 0 aliphatic carbocycles. The quantitative estimate of drug-likeness (QED) is 0.0308. The molecule has 0 fully saturated rings. The largest absolute Gasteiger partial charge is 0.481 e. The van der Waals surface area contributed by atoms with Crippen molar-refractivity contribution in [1.29, 1.82) is 0 Å². The summed E-state index contributed by atoms with van der Waals surface area (Å²) in [6.07, 6.45) is 34.9. The van der Waals surface area contributed by atoms with E-state index >= 15 is 0 Å². The zero-order valence-corrected chi connectivity index (χ0v) is 42.5. The Kier molecular flexibility index (Phi) is 39.7.